The van der Waals surface area contributed by atoms with Gasteiger partial charge in [-0.05, 0) is 26.2 Å². The number of benzene rings is 1. The summed E-state index contributed by atoms with van der Waals surface area (Å²) in [5.41, 5.74) is 2.14. The highest BCUT2D eigenvalue weighted by molar-refractivity contribution is 6.35. The summed E-state index contributed by atoms with van der Waals surface area (Å²) < 4.78 is 7.69. The molecule has 0 aliphatic carbocycles. The predicted octanol–water partition coefficient (Wildman–Crippen LogP) is 2.24. The minimum absolute atomic E-state index is 0.526. The van der Waals surface area contributed by atoms with E-state index in [1.165, 1.54) is 0 Å². The number of fused-ring (bicyclic) bond motifs is 1. The molecule has 0 N–H and O–H groups in total. The second kappa shape index (κ2) is 7.18. The molecule has 1 aromatic heterocycles. The van der Waals surface area contributed by atoms with E-state index in [2.05, 4.69) is 30.0 Å². The predicted molar refractivity (Wildman–Crippen MR) is 93.9 cm³/mol. The second-order valence-corrected chi connectivity index (χ2v) is 7.05. The number of rotatable bonds is 4. The quantitative estimate of drug-likeness (QED) is 0.857. The van der Waals surface area contributed by atoms with E-state index < -0.39 is 0 Å². The highest BCUT2D eigenvalue weighted by Crippen LogP contribution is 2.27. The van der Waals surface area contributed by atoms with Crippen molar-refractivity contribution in [3.63, 3.8) is 0 Å². The van der Waals surface area contributed by atoms with Crippen molar-refractivity contribution < 1.29 is 4.74 Å². The Labute approximate surface area is 142 Å². The Kier molecular flexibility index (Phi) is 5.21. The lowest BCUT2D eigenvalue weighted by atomic mass is 10.1. The second-order valence-electron chi connectivity index (χ2n) is 6.64. The third-order valence-corrected chi connectivity index (χ3v) is 4.63. The Morgan fingerprint density at radius 1 is 1.39 bits per heavy atom. The van der Waals surface area contributed by atoms with E-state index in [9.17, 15) is 0 Å². The Bertz CT molecular complexity index is 670. The van der Waals surface area contributed by atoms with Crippen molar-refractivity contribution in [2.24, 2.45) is 13.0 Å². The maximum atomic E-state index is 6.42. The van der Waals surface area contributed by atoms with Gasteiger partial charge in [-0.15, -0.1) is 0 Å². The topological polar surface area (TPSA) is 33.5 Å². The molecule has 3 rings (SSSR count). The minimum atomic E-state index is 0.526. The van der Waals surface area contributed by atoms with Gasteiger partial charge in [0.25, 0.3) is 0 Å². The Hall–Kier alpha value is -1.14. The fraction of sp³-hybridized carbons (Fsp3) is 0.588. The number of nitrogens with zero attached hydrogens (tertiary/aromatic N) is 4. The van der Waals surface area contributed by atoms with E-state index in [-0.39, 0.29) is 0 Å². The Morgan fingerprint density at radius 2 is 2.22 bits per heavy atom. The first-order valence-electron chi connectivity index (χ1n) is 8.09. The van der Waals surface area contributed by atoms with Crippen LogP contribution < -0.4 is 0 Å². The lowest BCUT2D eigenvalue weighted by molar-refractivity contribution is 0.112. The van der Waals surface area contributed by atoms with Gasteiger partial charge in [0.1, 0.15) is 0 Å². The van der Waals surface area contributed by atoms with Gasteiger partial charge in [-0.1, -0.05) is 17.7 Å². The van der Waals surface area contributed by atoms with Gasteiger partial charge in [0.2, 0.25) is 0 Å². The van der Waals surface area contributed by atoms with Crippen LogP contribution in [0.1, 0.15) is 5.69 Å². The van der Waals surface area contributed by atoms with Gasteiger partial charge in [-0.3, -0.25) is 9.58 Å². The van der Waals surface area contributed by atoms with Gasteiger partial charge in [0.05, 0.1) is 29.4 Å². The standard InChI is InChI=1S/C17H25ClN4O/c1-20(2)9-13-10-22(7-8-23-12-13)11-15-17-14(18)5-4-6-16(17)21(3)19-15/h4-6,13H,7-12H2,1-3H3/t13-/m1/s1. The summed E-state index contributed by atoms with van der Waals surface area (Å²) in [6.45, 7) is 5.43. The monoisotopic (exact) mass is 336 g/mol. The van der Waals surface area contributed by atoms with E-state index in [1.807, 2.05) is 23.9 Å². The molecule has 0 unspecified atom stereocenters. The molecule has 1 fully saturated rings. The van der Waals surface area contributed by atoms with E-state index in [1.54, 1.807) is 0 Å². The average Bonchev–Trinajstić information content (AvgIpc) is 2.66. The first-order valence-corrected chi connectivity index (χ1v) is 8.47. The lowest BCUT2D eigenvalue weighted by Crippen LogP contribution is -2.34. The fourth-order valence-corrected chi connectivity index (χ4v) is 3.68. The summed E-state index contributed by atoms with van der Waals surface area (Å²) in [6, 6.07) is 5.98. The van der Waals surface area contributed by atoms with Crippen LogP contribution >= 0.6 is 11.6 Å². The lowest BCUT2D eigenvalue weighted by Gasteiger charge is -2.24. The maximum absolute atomic E-state index is 6.42. The third kappa shape index (κ3) is 3.86. The molecule has 1 saturated heterocycles. The van der Waals surface area contributed by atoms with Crippen LogP contribution in [0, 0.1) is 5.92 Å². The summed E-state index contributed by atoms with van der Waals surface area (Å²) in [4.78, 5) is 4.66. The molecule has 0 radical (unpaired) electrons. The maximum Gasteiger partial charge on any atom is 0.0858 e. The smallest absolute Gasteiger partial charge is 0.0858 e. The fourth-order valence-electron chi connectivity index (χ4n) is 3.40. The van der Waals surface area contributed by atoms with Gasteiger partial charge < -0.3 is 9.64 Å². The molecule has 1 atom stereocenters. The van der Waals surface area contributed by atoms with Gasteiger partial charge in [0, 0.05) is 44.5 Å². The minimum Gasteiger partial charge on any atom is -0.380 e. The zero-order valence-corrected chi connectivity index (χ0v) is 14.9. The molecule has 0 spiro atoms. The highest BCUT2D eigenvalue weighted by atomic mass is 35.5. The Balaban J connectivity index is 1.80. The Morgan fingerprint density at radius 3 is 3.00 bits per heavy atom. The van der Waals surface area contributed by atoms with Crippen molar-refractivity contribution in [3.8, 4) is 0 Å². The summed E-state index contributed by atoms with van der Waals surface area (Å²) in [5, 5.41) is 6.55. The molecule has 2 aromatic rings. The van der Waals surface area contributed by atoms with Crippen molar-refractivity contribution in [2.45, 2.75) is 6.54 Å². The number of halogens is 1. The molecular formula is C17H25ClN4O. The average molecular weight is 337 g/mol. The summed E-state index contributed by atoms with van der Waals surface area (Å²) in [7, 11) is 6.20. The van der Waals surface area contributed by atoms with E-state index in [0.717, 1.165) is 61.0 Å². The number of aromatic nitrogens is 2. The molecule has 0 bridgehead atoms. The number of aryl methyl sites for hydroxylation is 1. The molecular weight excluding hydrogens is 312 g/mol. The molecule has 1 aliphatic heterocycles. The first-order chi connectivity index (χ1) is 11.0. The van der Waals surface area contributed by atoms with Gasteiger partial charge in [0.15, 0.2) is 0 Å². The molecule has 2 heterocycles. The van der Waals surface area contributed by atoms with Gasteiger partial charge >= 0.3 is 0 Å². The largest absolute Gasteiger partial charge is 0.380 e. The van der Waals surface area contributed by atoms with Crippen molar-refractivity contribution in [1.82, 2.24) is 19.6 Å². The van der Waals surface area contributed by atoms with Crippen LogP contribution in [0.2, 0.25) is 5.02 Å². The van der Waals surface area contributed by atoms with Crippen molar-refractivity contribution >= 4 is 22.5 Å². The zero-order valence-electron chi connectivity index (χ0n) is 14.1. The van der Waals surface area contributed by atoms with Crippen LogP contribution in [0.25, 0.3) is 10.9 Å². The first kappa shape index (κ1) is 16.7. The zero-order chi connectivity index (χ0) is 16.4. The third-order valence-electron chi connectivity index (χ3n) is 4.32. The molecule has 1 aromatic carbocycles. The van der Waals surface area contributed by atoms with Crippen LogP contribution in [-0.2, 0) is 18.3 Å². The number of ether oxygens (including phenoxy) is 1. The summed E-state index contributed by atoms with van der Waals surface area (Å²) in [5.74, 6) is 0.526. The summed E-state index contributed by atoms with van der Waals surface area (Å²) in [6.07, 6.45) is 0. The molecule has 23 heavy (non-hydrogen) atoms. The van der Waals surface area contributed by atoms with Crippen LogP contribution in [0.15, 0.2) is 18.2 Å². The van der Waals surface area contributed by atoms with Gasteiger partial charge in [-0.25, -0.2) is 0 Å². The summed E-state index contributed by atoms with van der Waals surface area (Å²) >= 11 is 6.42. The molecule has 0 amide bonds. The number of hydrogen-bond acceptors (Lipinski definition) is 4. The van der Waals surface area contributed by atoms with Crippen LogP contribution in [0.5, 0.6) is 0 Å². The van der Waals surface area contributed by atoms with Gasteiger partial charge in [-0.2, -0.15) is 5.10 Å². The van der Waals surface area contributed by atoms with Crippen molar-refractivity contribution in [1.29, 1.82) is 0 Å². The molecule has 5 nitrogen and oxygen atoms in total. The van der Waals surface area contributed by atoms with E-state index >= 15 is 0 Å². The molecule has 6 heteroatoms. The molecule has 1 aliphatic rings. The highest BCUT2D eigenvalue weighted by Gasteiger charge is 2.21. The molecule has 126 valence electrons. The molecule has 0 saturated carbocycles. The normalized spacial score (nSPS) is 20.3. The van der Waals surface area contributed by atoms with Crippen LogP contribution in [-0.4, -0.2) is 66.5 Å². The van der Waals surface area contributed by atoms with Crippen LogP contribution in [0.4, 0.5) is 0 Å². The van der Waals surface area contributed by atoms with E-state index in [4.69, 9.17) is 21.4 Å². The number of hydrogen-bond donors (Lipinski definition) is 0. The van der Waals surface area contributed by atoms with Crippen molar-refractivity contribution in [3.05, 3.63) is 28.9 Å². The van der Waals surface area contributed by atoms with Crippen LogP contribution in [0.3, 0.4) is 0 Å². The SMILES string of the molecule is CN(C)C[C@H]1COCCN(Cc2nn(C)c3cccc(Cl)c23)C1. The van der Waals surface area contributed by atoms with E-state index in [0.29, 0.717) is 5.92 Å². The van der Waals surface area contributed by atoms with Crippen molar-refractivity contribution in [2.75, 3.05) is 46.9 Å².